The SMILES string of the molecule is Cc1ccc(-c2ccc(CCc3cc(C)c(C)cc3C)c(C)c2)cc1C. The number of aryl methyl sites for hydroxylation is 8. The molecule has 0 nitrogen and oxygen atoms in total. The van der Waals surface area contributed by atoms with Crippen molar-refractivity contribution in [2.24, 2.45) is 0 Å². The Morgan fingerprint density at radius 2 is 0.923 bits per heavy atom. The van der Waals surface area contributed by atoms with Crippen molar-refractivity contribution in [1.82, 2.24) is 0 Å². The van der Waals surface area contributed by atoms with Gasteiger partial charge in [-0.2, -0.15) is 0 Å². The lowest BCUT2D eigenvalue weighted by molar-refractivity contribution is 0.935. The van der Waals surface area contributed by atoms with Crippen molar-refractivity contribution in [3.63, 3.8) is 0 Å². The summed E-state index contributed by atoms with van der Waals surface area (Å²) in [4.78, 5) is 0. The summed E-state index contributed by atoms with van der Waals surface area (Å²) in [6.07, 6.45) is 2.21. The fourth-order valence-corrected chi connectivity index (χ4v) is 3.64. The summed E-state index contributed by atoms with van der Waals surface area (Å²) in [6, 6.07) is 18.4. The van der Waals surface area contributed by atoms with Gasteiger partial charge in [0.25, 0.3) is 0 Å². The Labute approximate surface area is 158 Å². The first-order valence-electron chi connectivity index (χ1n) is 9.59. The first-order chi connectivity index (χ1) is 12.3. The average Bonchev–Trinajstić information content (AvgIpc) is 2.60. The molecule has 0 saturated heterocycles. The highest BCUT2D eigenvalue weighted by molar-refractivity contribution is 5.66. The van der Waals surface area contributed by atoms with E-state index >= 15 is 0 Å². The molecule has 0 amide bonds. The summed E-state index contributed by atoms with van der Waals surface area (Å²) in [6.45, 7) is 13.2. The zero-order valence-corrected chi connectivity index (χ0v) is 17.0. The molecule has 134 valence electrons. The Hall–Kier alpha value is -2.34. The normalized spacial score (nSPS) is 11.0. The third-order valence-corrected chi connectivity index (χ3v) is 5.80. The van der Waals surface area contributed by atoms with Crippen LogP contribution in [-0.2, 0) is 12.8 Å². The average molecular weight is 343 g/mol. The van der Waals surface area contributed by atoms with E-state index in [2.05, 4.69) is 90.1 Å². The number of benzene rings is 3. The summed E-state index contributed by atoms with van der Waals surface area (Å²) in [7, 11) is 0. The second-order valence-electron chi connectivity index (χ2n) is 7.80. The molecule has 0 saturated carbocycles. The summed E-state index contributed by atoms with van der Waals surface area (Å²) in [5.74, 6) is 0. The molecule has 0 aromatic heterocycles. The topological polar surface area (TPSA) is 0 Å². The molecule has 0 heterocycles. The highest BCUT2D eigenvalue weighted by atomic mass is 14.1. The van der Waals surface area contributed by atoms with Crippen molar-refractivity contribution < 1.29 is 0 Å². The maximum absolute atomic E-state index is 2.36. The largest absolute Gasteiger partial charge is 0.0584 e. The van der Waals surface area contributed by atoms with Crippen molar-refractivity contribution in [1.29, 1.82) is 0 Å². The van der Waals surface area contributed by atoms with E-state index in [1.54, 1.807) is 0 Å². The maximum Gasteiger partial charge on any atom is -0.0181 e. The van der Waals surface area contributed by atoms with Gasteiger partial charge >= 0.3 is 0 Å². The second-order valence-corrected chi connectivity index (χ2v) is 7.80. The molecule has 0 aliphatic heterocycles. The molecule has 3 aromatic rings. The predicted octanol–water partition coefficient (Wildman–Crippen LogP) is 6.99. The molecule has 0 unspecified atom stereocenters. The third kappa shape index (κ3) is 3.90. The van der Waals surface area contributed by atoms with E-state index in [-0.39, 0.29) is 0 Å². The number of rotatable bonds is 4. The summed E-state index contributed by atoms with van der Waals surface area (Å²) in [5, 5.41) is 0. The monoisotopic (exact) mass is 342 g/mol. The van der Waals surface area contributed by atoms with E-state index in [0.29, 0.717) is 0 Å². The van der Waals surface area contributed by atoms with Crippen LogP contribution in [0.5, 0.6) is 0 Å². The van der Waals surface area contributed by atoms with Crippen molar-refractivity contribution in [2.75, 3.05) is 0 Å². The molecule has 0 aliphatic rings. The smallest absolute Gasteiger partial charge is 0.0181 e. The highest BCUT2D eigenvalue weighted by Crippen LogP contribution is 2.25. The Morgan fingerprint density at radius 1 is 0.423 bits per heavy atom. The number of hydrogen-bond donors (Lipinski definition) is 0. The van der Waals surface area contributed by atoms with Crippen LogP contribution in [0.2, 0.25) is 0 Å². The lowest BCUT2D eigenvalue weighted by Gasteiger charge is -2.13. The Kier molecular flexibility index (Phi) is 5.32. The van der Waals surface area contributed by atoms with Crippen LogP contribution in [0.1, 0.15) is 44.5 Å². The van der Waals surface area contributed by atoms with Crippen LogP contribution >= 0.6 is 0 Å². The molecule has 0 N–H and O–H groups in total. The zero-order valence-electron chi connectivity index (χ0n) is 17.0. The zero-order chi connectivity index (χ0) is 18.8. The third-order valence-electron chi connectivity index (χ3n) is 5.80. The van der Waals surface area contributed by atoms with E-state index in [0.717, 1.165) is 12.8 Å². The lowest BCUT2D eigenvalue weighted by atomic mass is 9.93. The van der Waals surface area contributed by atoms with E-state index in [1.165, 1.54) is 55.6 Å². The van der Waals surface area contributed by atoms with Gasteiger partial charge in [-0.3, -0.25) is 0 Å². The minimum absolute atomic E-state index is 1.10. The second kappa shape index (κ2) is 7.50. The Bertz CT molecular complexity index is 944. The molecule has 26 heavy (non-hydrogen) atoms. The van der Waals surface area contributed by atoms with Gasteiger partial charge in [0.05, 0.1) is 0 Å². The van der Waals surface area contributed by atoms with Crippen molar-refractivity contribution >= 4 is 0 Å². The molecule has 0 fully saturated rings. The molecule has 0 heteroatoms. The predicted molar refractivity (Wildman–Crippen MR) is 114 cm³/mol. The first-order valence-corrected chi connectivity index (χ1v) is 9.59. The van der Waals surface area contributed by atoms with Crippen LogP contribution in [-0.4, -0.2) is 0 Å². The van der Waals surface area contributed by atoms with Gasteiger partial charge < -0.3 is 0 Å². The van der Waals surface area contributed by atoms with E-state index < -0.39 is 0 Å². The molecule has 0 atom stereocenters. The molecular weight excluding hydrogens is 312 g/mol. The maximum atomic E-state index is 2.36. The van der Waals surface area contributed by atoms with E-state index in [4.69, 9.17) is 0 Å². The first kappa shape index (κ1) is 18.5. The molecule has 3 rings (SSSR count). The van der Waals surface area contributed by atoms with Crippen LogP contribution in [0.25, 0.3) is 11.1 Å². The van der Waals surface area contributed by atoms with Gasteiger partial charge in [0.15, 0.2) is 0 Å². The van der Waals surface area contributed by atoms with Crippen molar-refractivity contribution in [3.05, 3.63) is 93.0 Å². The minimum Gasteiger partial charge on any atom is -0.0584 e. The molecule has 0 bridgehead atoms. The van der Waals surface area contributed by atoms with Gasteiger partial charge in [-0.1, -0.05) is 48.5 Å². The lowest BCUT2D eigenvalue weighted by Crippen LogP contribution is -1.98. The van der Waals surface area contributed by atoms with Crippen LogP contribution in [0.4, 0.5) is 0 Å². The molecule has 0 radical (unpaired) electrons. The van der Waals surface area contributed by atoms with Gasteiger partial charge in [-0.25, -0.2) is 0 Å². The van der Waals surface area contributed by atoms with Crippen LogP contribution in [0, 0.1) is 41.5 Å². The fourth-order valence-electron chi connectivity index (χ4n) is 3.64. The van der Waals surface area contributed by atoms with Crippen LogP contribution in [0.3, 0.4) is 0 Å². The van der Waals surface area contributed by atoms with E-state index in [1.807, 2.05) is 0 Å². The fraction of sp³-hybridized carbons (Fsp3) is 0.308. The molecular formula is C26H30. The quantitative estimate of drug-likeness (QED) is 0.479. The Balaban J connectivity index is 1.80. The van der Waals surface area contributed by atoms with Gasteiger partial charge in [0, 0.05) is 0 Å². The van der Waals surface area contributed by atoms with Crippen LogP contribution in [0.15, 0.2) is 48.5 Å². The van der Waals surface area contributed by atoms with E-state index in [9.17, 15) is 0 Å². The van der Waals surface area contributed by atoms with Crippen molar-refractivity contribution in [3.8, 4) is 11.1 Å². The van der Waals surface area contributed by atoms with Gasteiger partial charge in [0.1, 0.15) is 0 Å². The standard InChI is InChI=1S/C26H30/c1-17-7-8-25(15-19(17)3)26-12-10-23(22(6)16-26)9-11-24-14-20(4)18(2)13-21(24)5/h7-8,10,12-16H,9,11H2,1-6H3. The summed E-state index contributed by atoms with van der Waals surface area (Å²) < 4.78 is 0. The summed E-state index contributed by atoms with van der Waals surface area (Å²) in [5.41, 5.74) is 13.9. The molecule has 3 aromatic carbocycles. The van der Waals surface area contributed by atoms with Gasteiger partial charge in [0.2, 0.25) is 0 Å². The number of hydrogen-bond acceptors (Lipinski definition) is 0. The van der Waals surface area contributed by atoms with Crippen LogP contribution < -0.4 is 0 Å². The highest BCUT2D eigenvalue weighted by Gasteiger charge is 2.07. The summed E-state index contributed by atoms with van der Waals surface area (Å²) >= 11 is 0. The Morgan fingerprint density at radius 3 is 1.58 bits per heavy atom. The van der Waals surface area contributed by atoms with Gasteiger partial charge in [-0.15, -0.1) is 0 Å². The minimum atomic E-state index is 1.10. The van der Waals surface area contributed by atoms with Crippen molar-refractivity contribution in [2.45, 2.75) is 54.4 Å². The van der Waals surface area contributed by atoms with Gasteiger partial charge in [-0.05, 0) is 110 Å². The molecule has 0 aliphatic carbocycles. The molecule has 0 spiro atoms.